The standard InChI is InChI=1S/C14H15N3S/c1-17-13-9-11-5-3-2-4-10(11)8-12(13)16-14(17)18-7-6-15/h8-9H,2-5,7H2,1H3. The summed E-state index contributed by atoms with van der Waals surface area (Å²) in [6.07, 6.45) is 4.97. The molecule has 1 aromatic carbocycles. The number of fused-ring (bicyclic) bond motifs is 2. The summed E-state index contributed by atoms with van der Waals surface area (Å²) in [5.74, 6) is 0.455. The molecule has 0 bridgehead atoms. The third kappa shape index (κ3) is 1.89. The van der Waals surface area contributed by atoms with Crippen LogP contribution in [0.25, 0.3) is 11.0 Å². The largest absolute Gasteiger partial charge is 0.322 e. The van der Waals surface area contributed by atoms with Gasteiger partial charge in [0, 0.05) is 7.05 Å². The van der Waals surface area contributed by atoms with E-state index in [-0.39, 0.29) is 0 Å². The van der Waals surface area contributed by atoms with Crippen molar-refractivity contribution in [1.29, 1.82) is 5.26 Å². The molecule has 0 saturated carbocycles. The topological polar surface area (TPSA) is 41.6 Å². The lowest BCUT2D eigenvalue weighted by Crippen LogP contribution is -2.02. The fourth-order valence-corrected chi connectivity index (χ4v) is 3.27. The summed E-state index contributed by atoms with van der Waals surface area (Å²) >= 11 is 1.51. The summed E-state index contributed by atoms with van der Waals surface area (Å²) in [7, 11) is 2.03. The number of thioether (sulfide) groups is 1. The Morgan fingerprint density at radius 1 is 1.33 bits per heavy atom. The van der Waals surface area contributed by atoms with E-state index in [1.165, 1.54) is 54.1 Å². The molecule has 0 spiro atoms. The maximum Gasteiger partial charge on any atom is 0.169 e. The predicted molar refractivity (Wildman–Crippen MR) is 73.7 cm³/mol. The summed E-state index contributed by atoms with van der Waals surface area (Å²) in [6.45, 7) is 0. The fourth-order valence-electron chi connectivity index (χ4n) is 2.62. The molecule has 3 nitrogen and oxygen atoms in total. The van der Waals surface area contributed by atoms with Gasteiger partial charge in [0.1, 0.15) is 0 Å². The van der Waals surface area contributed by atoms with E-state index in [4.69, 9.17) is 5.26 Å². The molecule has 4 heteroatoms. The zero-order valence-corrected chi connectivity index (χ0v) is 11.3. The van der Waals surface area contributed by atoms with Gasteiger partial charge in [0.05, 0.1) is 22.9 Å². The molecule has 1 aliphatic rings. The molecule has 0 atom stereocenters. The molecule has 18 heavy (non-hydrogen) atoms. The number of aromatic nitrogens is 2. The third-order valence-electron chi connectivity index (χ3n) is 3.57. The normalized spacial score (nSPS) is 14.4. The van der Waals surface area contributed by atoms with Gasteiger partial charge in [-0.05, 0) is 48.9 Å². The van der Waals surface area contributed by atoms with Gasteiger partial charge < -0.3 is 4.57 Å². The van der Waals surface area contributed by atoms with Gasteiger partial charge in [0.25, 0.3) is 0 Å². The van der Waals surface area contributed by atoms with Gasteiger partial charge in [-0.15, -0.1) is 0 Å². The van der Waals surface area contributed by atoms with Crippen molar-refractivity contribution in [3.63, 3.8) is 0 Å². The molecule has 0 saturated heterocycles. The van der Waals surface area contributed by atoms with Crippen LogP contribution >= 0.6 is 11.8 Å². The zero-order chi connectivity index (χ0) is 12.5. The van der Waals surface area contributed by atoms with Crippen LogP contribution in [0.2, 0.25) is 0 Å². The highest BCUT2D eigenvalue weighted by molar-refractivity contribution is 7.99. The van der Waals surface area contributed by atoms with Crippen LogP contribution in [0.5, 0.6) is 0 Å². The monoisotopic (exact) mass is 257 g/mol. The van der Waals surface area contributed by atoms with E-state index < -0.39 is 0 Å². The van der Waals surface area contributed by atoms with E-state index in [2.05, 4.69) is 27.8 Å². The fraction of sp³-hybridized carbons (Fsp3) is 0.429. The van der Waals surface area contributed by atoms with E-state index >= 15 is 0 Å². The third-order valence-corrected chi connectivity index (χ3v) is 4.47. The lowest BCUT2D eigenvalue weighted by molar-refractivity contribution is 0.686. The van der Waals surface area contributed by atoms with Crippen LogP contribution in [-0.4, -0.2) is 15.3 Å². The summed E-state index contributed by atoms with van der Waals surface area (Å²) in [5, 5.41) is 9.60. The highest BCUT2D eigenvalue weighted by Gasteiger charge is 2.14. The minimum Gasteiger partial charge on any atom is -0.322 e. The molecule has 0 fully saturated rings. The number of hydrogen-bond acceptors (Lipinski definition) is 3. The number of rotatable bonds is 2. The first-order chi connectivity index (χ1) is 8.79. The van der Waals surface area contributed by atoms with Gasteiger partial charge in [-0.2, -0.15) is 5.26 Å². The Kier molecular flexibility index (Phi) is 3.00. The molecule has 0 N–H and O–H groups in total. The number of benzene rings is 1. The van der Waals surface area contributed by atoms with Gasteiger partial charge in [-0.25, -0.2) is 4.98 Å². The summed E-state index contributed by atoms with van der Waals surface area (Å²) in [4.78, 5) is 4.63. The first-order valence-corrected chi connectivity index (χ1v) is 7.26. The molecule has 2 aromatic rings. The molecule has 0 unspecified atom stereocenters. The quantitative estimate of drug-likeness (QED) is 0.776. The summed E-state index contributed by atoms with van der Waals surface area (Å²) < 4.78 is 2.10. The number of nitriles is 1. The van der Waals surface area contributed by atoms with E-state index in [0.717, 1.165) is 10.7 Å². The van der Waals surface area contributed by atoms with Gasteiger partial charge in [-0.3, -0.25) is 0 Å². The summed E-state index contributed by atoms with van der Waals surface area (Å²) in [6, 6.07) is 6.67. The second kappa shape index (κ2) is 4.66. The Bertz CT molecular complexity index is 637. The molecule has 0 aliphatic heterocycles. The highest BCUT2D eigenvalue weighted by Crippen LogP contribution is 2.29. The molecule has 92 valence electrons. The molecular formula is C14H15N3S. The Morgan fingerprint density at radius 2 is 2.06 bits per heavy atom. The first kappa shape index (κ1) is 11.6. The molecule has 1 aliphatic carbocycles. The minimum absolute atomic E-state index is 0.455. The molecule has 1 heterocycles. The maximum absolute atomic E-state index is 8.66. The first-order valence-electron chi connectivity index (χ1n) is 6.27. The molecule has 0 amide bonds. The minimum atomic E-state index is 0.455. The average molecular weight is 257 g/mol. The average Bonchev–Trinajstić information content (AvgIpc) is 2.70. The molecule has 3 rings (SSSR count). The van der Waals surface area contributed by atoms with E-state index in [1.54, 1.807) is 0 Å². The van der Waals surface area contributed by atoms with Gasteiger partial charge in [0.2, 0.25) is 0 Å². The van der Waals surface area contributed by atoms with Crippen LogP contribution in [0.1, 0.15) is 24.0 Å². The van der Waals surface area contributed by atoms with Gasteiger partial charge in [0.15, 0.2) is 5.16 Å². The van der Waals surface area contributed by atoms with Crippen molar-refractivity contribution in [2.24, 2.45) is 7.05 Å². The van der Waals surface area contributed by atoms with Crippen LogP contribution in [0, 0.1) is 11.3 Å². The van der Waals surface area contributed by atoms with Gasteiger partial charge >= 0.3 is 0 Å². The van der Waals surface area contributed by atoms with Crippen molar-refractivity contribution in [3.8, 4) is 6.07 Å². The molecule has 1 aromatic heterocycles. The SMILES string of the molecule is Cn1c(SCC#N)nc2cc3c(cc21)CCCC3. The van der Waals surface area contributed by atoms with E-state index in [9.17, 15) is 0 Å². The predicted octanol–water partition coefficient (Wildman–Crippen LogP) is 3.07. The molecule has 0 radical (unpaired) electrons. The Hall–Kier alpha value is -1.47. The van der Waals surface area contributed by atoms with Crippen molar-refractivity contribution in [2.75, 3.05) is 5.75 Å². The second-order valence-electron chi connectivity index (χ2n) is 4.72. The van der Waals surface area contributed by atoms with Crippen LogP contribution in [0.15, 0.2) is 17.3 Å². The Morgan fingerprint density at radius 3 is 2.78 bits per heavy atom. The number of nitrogens with zero attached hydrogens (tertiary/aromatic N) is 3. The highest BCUT2D eigenvalue weighted by atomic mass is 32.2. The van der Waals surface area contributed by atoms with Crippen molar-refractivity contribution < 1.29 is 0 Å². The van der Waals surface area contributed by atoms with Crippen molar-refractivity contribution in [3.05, 3.63) is 23.3 Å². The summed E-state index contributed by atoms with van der Waals surface area (Å²) in [5.41, 5.74) is 5.20. The second-order valence-corrected chi connectivity index (χ2v) is 5.66. The van der Waals surface area contributed by atoms with Crippen molar-refractivity contribution >= 4 is 22.8 Å². The number of aryl methyl sites for hydroxylation is 3. The number of imidazole rings is 1. The lowest BCUT2D eigenvalue weighted by Gasteiger charge is -2.15. The van der Waals surface area contributed by atoms with E-state index in [1.807, 2.05) is 7.05 Å². The van der Waals surface area contributed by atoms with Crippen LogP contribution in [0.4, 0.5) is 0 Å². The maximum atomic E-state index is 8.66. The lowest BCUT2D eigenvalue weighted by atomic mass is 9.91. The van der Waals surface area contributed by atoms with Crippen molar-refractivity contribution in [2.45, 2.75) is 30.8 Å². The smallest absolute Gasteiger partial charge is 0.169 e. The van der Waals surface area contributed by atoms with Crippen molar-refractivity contribution in [1.82, 2.24) is 9.55 Å². The zero-order valence-electron chi connectivity index (χ0n) is 10.4. The van der Waals surface area contributed by atoms with Crippen LogP contribution in [-0.2, 0) is 19.9 Å². The Balaban J connectivity index is 2.09. The van der Waals surface area contributed by atoms with Crippen LogP contribution in [0.3, 0.4) is 0 Å². The Labute approximate surface area is 111 Å². The van der Waals surface area contributed by atoms with Gasteiger partial charge in [-0.1, -0.05) is 11.8 Å². The molecular weight excluding hydrogens is 242 g/mol. The number of hydrogen-bond donors (Lipinski definition) is 0. The van der Waals surface area contributed by atoms with E-state index in [0.29, 0.717) is 5.75 Å². The van der Waals surface area contributed by atoms with Crippen LogP contribution < -0.4 is 0 Å².